The van der Waals surface area contributed by atoms with Crippen molar-refractivity contribution in [3.63, 3.8) is 0 Å². The number of hydrogen-bond donors (Lipinski definition) is 1. The van der Waals surface area contributed by atoms with Gasteiger partial charge >= 0.3 is 24.5 Å². The van der Waals surface area contributed by atoms with Crippen LogP contribution in [-0.4, -0.2) is 21.6 Å². The van der Waals surface area contributed by atoms with Crippen LogP contribution >= 0.6 is 0 Å². The molecule has 0 aromatic rings. The van der Waals surface area contributed by atoms with Crippen LogP contribution in [0, 0.1) is 0 Å². The monoisotopic (exact) mass is 747 g/mol. The maximum atomic E-state index is 10.1. The van der Waals surface area contributed by atoms with Gasteiger partial charge in [0.05, 0.1) is 0 Å². The molecule has 0 saturated carbocycles. The standard InChI is InChI=1S/3C14H28O2.H2O.Ti/c3*1-2-3-4-5-6-7-8-9-10-11-12-13-14(15)16;;/h3*2-13H2,1H3,(H,15,16);1H2;/q;;;;+4/p-4. The zero-order valence-corrected chi connectivity index (χ0v) is 34.9. The summed E-state index contributed by atoms with van der Waals surface area (Å²) in [5, 5.41) is 30.4. The molecule has 0 saturated heterocycles. The van der Waals surface area contributed by atoms with Gasteiger partial charge in [-0.3, -0.25) is 0 Å². The third kappa shape index (κ3) is 68.9. The fraction of sp³-hybridized carbons (Fsp3) is 0.929. The summed E-state index contributed by atoms with van der Waals surface area (Å²) in [5.74, 6) is -2.72. The van der Waals surface area contributed by atoms with Crippen LogP contribution in [0.1, 0.15) is 252 Å². The average Bonchev–Trinajstić information content (AvgIpc) is 3.09. The molecule has 0 rings (SSSR count). The predicted molar refractivity (Wildman–Crippen MR) is 200 cm³/mol. The maximum absolute atomic E-state index is 10.1. The molecule has 0 radical (unpaired) electrons. The molecule has 0 aromatic carbocycles. The van der Waals surface area contributed by atoms with E-state index in [2.05, 4.69) is 20.8 Å². The summed E-state index contributed by atoms with van der Waals surface area (Å²) in [7, 11) is 0. The van der Waals surface area contributed by atoms with E-state index in [-0.39, 0.29) is 19.3 Å². The van der Waals surface area contributed by atoms with E-state index in [0.717, 1.165) is 59.3 Å². The molecule has 7 nitrogen and oxygen atoms in total. The first-order valence-electron chi connectivity index (χ1n) is 21.1. The molecule has 0 aromatic heterocycles. The fourth-order valence-corrected chi connectivity index (χ4v) is 5.80. The topological polar surface area (TPSA) is 141 Å². The Morgan fingerprint density at radius 2 is 0.420 bits per heavy atom. The second-order valence-electron chi connectivity index (χ2n) is 14.0. The molecule has 8 heteroatoms. The summed E-state index contributed by atoms with van der Waals surface area (Å²) >= 11 is 1.00. The Balaban J connectivity index is -0.000000309. The number of hydrogen-bond acceptors (Lipinski definition) is 7. The van der Waals surface area contributed by atoms with E-state index in [1.807, 2.05) is 0 Å². The second kappa shape index (κ2) is 54.9. The number of unbranched alkanes of at least 4 members (excludes halogenated alkanes) is 30. The average molecular weight is 747 g/mol. The van der Waals surface area contributed by atoms with Gasteiger partial charge in [-0.15, -0.1) is 0 Å². The fourth-order valence-electron chi connectivity index (χ4n) is 5.80. The Kier molecular flexibility index (Phi) is 61.3. The first-order valence-corrected chi connectivity index (χ1v) is 21.8. The summed E-state index contributed by atoms with van der Waals surface area (Å²) in [6.07, 6.45) is 42.1. The van der Waals surface area contributed by atoms with Gasteiger partial charge in [-0.25, -0.2) is 0 Å². The molecule has 0 spiro atoms. The minimum absolute atomic E-state index is 0.233. The first kappa shape index (κ1) is 55.8. The second-order valence-corrected chi connectivity index (χ2v) is 14.0. The van der Waals surface area contributed by atoms with Crippen molar-refractivity contribution in [2.45, 2.75) is 252 Å². The van der Waals surface area contributed by atoms with Crippen LogP contribution in [0.3, 0.4) is 0 Å². The number of carbonyl (C=O) groups excluding carboxylic acids is 3. The number of carbonyl (C=O) groups is 3. The molecule has 296 valence electrons. The quantitative estimate of drug-likeness (QED) is 0.0497. The van der Waals surface area contributed by atoms with Crippen LogP contribution in [0.4, 0.5) is 0 Å². The van der Waals surface area contributed by atoms with Crippen molar-refractivity contribution in [3.8, 4) is 0 Å². The number of carboxylic acids is 3. The van der Waals surface area contributed by atoms with Crippen molar-refractivity contribution in [3.05, 3.63) is 0 Å². The van der Waals surface area contributed by atoms with Crippen LogP contribution in [0.25, 0.3) is 0 Å². The summed E-state index contributed by atoms with van der Waals surface area (Å²) in [4.78, 5) is 30.4. The Hall–Kier alpha value is -0.916. The predicted octanol–water partition coefficient (Wildman–Crippen LogP) is 9.75. The van der Waals surface area contributed by atoms with Crippen LogP contribution < -0.4 is 15.3 Å². The van der Waals surface area contributed by atoms with Crippen molar-refractivity contribution >= 4 is 17.9 Å². The van der Waals surface area contributed by atoms with E-state index < -0.39 is 17.9 Å². The van der Waals surface area contributed by atoms with Crippen molar-refractivity contribution in [2.24, 2.45) is 0 Å². The van der Waals surface area contributed by atoms with Gasteiger partial charge < -0.3 is 29.7 Å². The summed E-state index contributed by atoms with van der Waals surface area (Å²) in [5.41, 5.74) is 0. The van der Waals surface area contributed by atoms with Gasteiger partial charge in [0.25, 0.3) is 0 Å². The van der Waals surface area contributed by atoms with Gasteiger partial charge in [0, 0.05) is 17.9 Å². The van der Waals surface area contributed by atoms with Crippen molar-refractivity contribution in [1.29, 1.82) is 0 Å². The van der Waals surface area contributed by atoms with Gasteiger partial charge in [0.2, 0.25) is 0 Å². The zero-order valence-electron chi connectivity index (χ0n) is 33.4. The van der Waals surface area contributed by atoms with E-state index in [9.17, 15) is 29.7 Å². The van der Waals surface area contributed by atoms with Crippen LogP contribution in [-0.2, 0) is 35.2 Å². The summed E-state index contributed by atoms with van der Waals surface area (Å²) in [6, 6.07) is 0. The number of rotatable bonds is 36. The minimum atomic E-state index is -0.907. The van der Waals surface area contributed by atoms with E-state index in [1.165, 1.54) is 173 Å². The summed E-state index contributed by atoms with van der Waals surface area (Å²) < 4.78 is 7.00. The molecule has 0 aliphatic carbocycles. The van der Waals surface area contributed by atoms with E-state index in [0.29, 0.717) is 0 Å². The Morgan fingerprint density at radius 3 is 0.540 bits per heavy atom. The molecule has 0 atom stereocenters. The third-order valence-corrected chi connectivity index (χ3v) is 8.95. The molecule has 50 heavy (non-hydrogen) atoms. The van der Waals surface area contributed by atoms with Crippen LogP contribution in [0.2, 0.25) is 0 Å². The van der Waals surface area contributed by atoms with Gasteiger partial charge in [-0.2, -0.15) is 0 Å². The van der Waals surface area contributed by atoms with Gasteiger partial charge in [-0.05, 0) is 38.5 Å². The van der Waals surface area contributed by atoms with Crippen molar-refractivity contribution < 1.29 is 54.2 Å². The van der Waals surface area contributed by atoms with Crippen LogP contribution in [0.15, 0.2) is 0 Å². The van der Waals surface area contributed by atoms with Crippen LogP contribution in [0.5, 0.6) is 0 Å². The Bertz CT molecular complexity index is 560. The van der Waals surface area contributed by atoms with Gasteiger partial charge in [0.15, 0.2) is 0 Å². The van der Waals surface area contributed by atoms with E-state index >= 15 is 0 Å². The van der Waals surface area contributed by atoms with E-state index in [4.69, 9.17) is 3.69 Å². The van der Waals surface area contributed by atoms with Gasteiger partial charge in [0.1, 0.15) is 0 Å². The molecule has 0 fully saturated rings. The molecule has 0 aliphatic rings. The molecule has 1 N–H and O–H groups in total. The molecular weight excluding hydrogens is 664 g/mol. The summed E-state index contributed by atoms with van der Waals surface area (Å²) in [6.45, 7) is 6.73. The number of aliphatic carboxylic acids is 3. The van der Waals surface area contributed by atoms with Gasteiger partial charge in [-0.1, -0.05) is 213 Å². The Labute approximate surface area is 322 Å². The molecule has 0 unspecified atom stereocenters. The van der Waals surface area contributed by atoms with Crippen molar-refractivity contribution in [2.75, 3.05) is 0 Å². The number of carboxylic acid groups (broad SMARTS) is 3. The zero-order chi connectivity index (χ0) is 38.2. The first-order chi connectivity index (χ1) is 24.3. The Morgan fingerprint density at radius 1 is 0.300 bits per heavy atom. The molecule has 0 amide bonds. The van der Waals surface area contributed by atoms with E-state index in [1.54, 1.807) is 0 Å². The molecule has 0 bridgehead atoms. The SMILES string of the molecule is CCCCCCCCCCCCCC(=O)[O-].CCCCCCCCCCCCCC(=O)[O-].CCCCCCCCCCCCCC(=O)[O-].[OH][Ti+3]. The molecular formula is C42H82O7Ti. The normalized spacial score (nSPS) is 10.3. The molecule has 0 aliphatic heterocycles. The van der Waals surface area contributed by atoms with Crippen molar-refractivity contribution in [1.82, 2.24) is 0 Å². The molecule has 0 heterocycles. The third-order valence-electron chi connectivity index (χ3n) is 8.95.